The number of pyridine rings is 1. The van der Waals surface area contributed by atoms with Crippen LogP contribution in [0.3, 0.4) is 0 Å². The summed E-state index contributed by atoms with van der Waals surface area (Å²) in [5.74, 6) is 0. The Hall–Kier alpha value is -2.03. The maximum absolute atomic E-state index is 12.6. The third-order valence-corrected chi connectivity index (χ3v) is 3.18. The predicted molar refractivity (Wildman–Crippen MR) is 72.7 cm³/mol. The number of aromatic nitrogens is 1. The largest absolute Gasteiger partial charge is 0.417 e. The number of H-pyrrole nitrogens is 1. The summed E-state index contributed by atoms with van der Waals surface area (Å²) in [6.45, 7) is 4.17. The average Bonchev–Trinajstić information content (AvgIpc) is 2.38. The minimum absolute atomic E-state index is 0.186. The van der Waals surface area contributed by atoms with Crippen LogP contribution in [0.4, 0.5) is 23.7 Å². The molecular formula is C13H16F3N3O3. The fraction of sp³-hybridized carbons (Fsp3) is 0.538. The van der Waals surface area contributed by atoms with Crippen LogP contribution in [0.5, 0.6) is 0 Å². The summed E-state index contributed by atoms with van der Waals surface area (Å²) >= 11 is 0. The average molecular weight is 319 g/mol. The van der Waals surface area contributed by atoms with Crippen molar-refractivity contribution in [3.8, 4) is 0 Å². The Bertz CT molecular complexity index is 605. The summed E-state index contributed by atoms with van der Waals surface area (Å²) in [5.41, 5.74) is -2.27. The molecule has 2 unspecified atom stereocenters. The minimum atomic E-state index is -4.61. The number of hydrogen-bond acceptors (Lipinski definition) is 3. The van der Waals surface area contributed by atoms with Crippen molar-refractivity contribution < 1.29 is 22.7 Å². The lowest BCUT2D eigenvalue weighted by atomic mass is 10.2. The number of alkyl halides is 3. The van der Waals surface area contributed by atoms with Gasteiger partial charge in [0, 0.05) is 19.3 Å². The van der Waals surface area contributed by atoms with E-state index in [1.54, 1.807) is 13.8 Å². The molecule has 2 N–H and O–H groups in total. The van der Waals surface area contributed by atoms with Crippen molar-refractivity contribution in [3.63, 3.8) is 0 Å². The number of rotatable bonds is 1. The van der Waals surface area contributed by atoms with Gasteiger partial charge in [-0.3, -0.25) is 4.79 Å². The van der Waals surface area contributed by atoms with E-state index < -0.39 is 29.0 Å². The highest BCUT2D eigenvalue weighted by Crippen LogP contribution is 2.29. The van der Waals surface area contributed by atoms with Crippen molar-refractivity contribution in [2.24, 2.45) is 0 Å². The molecule has 2 amide bonds. The molecule has 2 rings (SSSR count). The van der Waals surface area contributed by atoms with Gasteiger partial charge in [-0.05, 0) is 19.9 Å². The molecule has 1 aromatic rings. The number of carbonyl (C=O) groups is 1. The first-order valence-corrected chi connectivity index (χ1v) is 6.68. The first-order chi connectivity index (χ1) is 10.2. The fourth-order valence-corrected chi connectivity index (χ4v) is 2.28. The molecule has 2 heterocycles. The van der Waals surface area contributed by atoms with Gasteiger partial charge in [-0.25, -0.2) is 4.79 Å². The molecule has 1 aliphatic heterocycles. The van der Waals surface area contributed by atoms with Crippen LogP contribution in [0.15, 0.2) is 17.1 Å². The summed E-state index contributed by atoms with van der Waals surface area (Å²) < 4.78 is 43.4. The maximum Gasteiger partial charge on any atom is 0.417 e. The van der Waals surface area contributed by atoms with E-state index in [0.29, 0.717) is 25.4 Å². The quantitative estimate of drug-likeness (QED) is 0.832. The highest BCUT2D eigenvalue weighted by molar-refractivity contribution is 5.89. The van der Waals surface area contributed by atoms with Crippen LogP contribution in [0.1, 0.15) is 19.4 Å². The molecule has 1 aromatic heterocycles. The SMILES string of the molecule is CC1CN(C(=O)Nc2cc(C(F)(F)F)c[nH]c2=O)CC(C)O1. The minimum Gasteiger partial charge on any atom is -0.372 e. The van der Waals surface area contributed by atoms with Gasteiger partial charge in [-0.2, -0.15) is 13.2 Å². The molecule has 0 saturated carbocycles. The van der Waals surface area contributed by atoms with Crippen molar-refractivity contribution >= 4 is 11.7 Å². The van der Waals surface area contributed by atoms with E-state index >= 15 is 0 Å². The Kier molecular flexibility index (Phi) is 4.45. The Morgan fingerprint density at radius 2 is 1.95 bits per heavy atom. The normalized spacial score (nSPS) is 22.5. The van der Waals surface area contributed by atoms with Crippen molar-refractivity contribution in [1.29, 1.82) is 0 Å². The zero-order chi connectivity index (χ0) is 16.5. The Morgan fingerprint density at radius 1 is 1.36 bits per heavy atom. The van der Waals surface area contributed by atoms with E-state index in [2.05, 4.69) is 5.32 Å². The van der Waals surface area contributed by atoms with Gasteiger partial charge >= 0.3 is 12.2 Å². The highest BCUT2D eigenvalue weighted by atomic mass is 19.4. The molecule has 0 aliphatic carbocycles. The molecule has 1 aliphatic rings. The van der Waals surface area contributed by atoms with Crippen LogP contribution in [-0.2, 0) is 10.9 Å². The molecule has 2 atom stereocenters. The third-order valence-electron chi connectivity index (χ3n) is 3.18. The molecule has 0 bridgehead atoms. The molecule has 0 radical (unpaired) electrons. The molecule has 22 heavy (non-hydrogen) atoms. The van der Waals surface area contributed by atoms with Gasteiger partial charge in [0.25, 0.3) is 5.56 Å². The van der Waals surface area contributed by atoms with E-state index in [1.165, 1.54) is 4.90 Å². The molecule has 9 heteroatoms. The number of aromatic amines is 1. The summed E-state index contributed by atoms with van der Waals surface area (Å²) in [7, 11) is 0. The van der Waals surface area contributed by atoms with Crippen molar-refractivity contribution in [2.45, 2.75) is 32.2 Å². The number of urea groups is 1. The second-order valence-electron chi connectivity index (χ2n) is 5.22. The Labute approximate surface area is 124 Å². The smallest absolute Gasteiger partial charge is 0.372 e. The lowest BCUT2D eigenvalue weighted by molar-refractivity contribution is -0.137. The number of carbonyl (C=O) groups excluding carboxylic acids is 1. The monoisotopic (exact) mass is 319 g/mol. The predicted octanol–water partition coefficient (Wildman–Crippen LogP) is 2.03. The van der Waals surface area contributed by atoms with Gasteiger partial charge in [-0.1, -0.05) is 0 Å². The van der Waals surface area contributed by atoms with E-state index in [0.717, 1.165) is 0 Å². The first-order valence-electron chi connectivity index (χ1n) is 6.68. The van der Waals surface area contributed by atoms with Gasteiger partial charge < -0.3 is 19.9 Å². The van der Waals surface area contributed by atoms with Crippen molar-refractivity contribution in [2.75, 3.05) is 18.4 Å². The summed E-state index contributed by atoms with van der Waals surface area (Å²) in [5, 5.41) is 2.22. The second-order valence-corrected chi connectivity index (χ2v) is 5.22. The molecule has 6 nitrogen and oxygen atoms in total. The number of amides is 2. The number of morpholine rings is 1. The van der Waals surface area contributed by atoms with Gasteiger partial charge in [0.1, 0.15) is 5.69 Å². The van der Waals surface area contributed by atoms with E-state index in [-0.39, 0.29) is 12.2 Å². The van der Waals surface area contributed by atoms with E-state index in [4.69, 9.17) is 4.74 Å². The van der Waals surface area contributed by atoms with Crippen LogP contribution in [-0.4, -0.2) is 41.2 Å². The molecule has 0 spiro atoms. The lowest BCUT2D eigenvalue weighted by Gasteiger charge is -2.35. The Balaban J connectivity index is 2.16. The standard InChI is InChI=1S/C13H16F3N3O3/c1-7-5-19(6-8(2)22-7)12(21)18-10-3-9(13(14,15)16)4-17-11(10)20/h3-4,7-8H,5-6H2,1-2H3,(H,17,20)(H,18,21). The molecule has 122 valence electrons. The van der Waals surface area contributed by atoms with Gasteiger partial charge in [0.15, 0.2) is 0 Å². The Morgan fingerprint density at radius 3 is 2.50 bits per heavy atom. The molecule has 1 saturated heterocycles. The number of anilines is 1. The van der Waals surface area contributed by atoms with Crippen molar-refractivity contribution in [1.82, 2.24) is 9.88 Å². The fourth-order valence-electron chi connectivity index (χ4n) is 2.28. The highest BCUT2D eigenvalue weighted by Gasteiger charge is 2.32. The lowest BCUT2D eigenvalue weighted by Crippen LogP contribution is -2.50. The zero-order valence-corrected chi connectivity index (χ0v) is 12.0. The van der Waals surface area contributed by atoms with Crippen LogP contribution >= 0.6 is 0 Å². The topological polar surface area (TPSA) is 74.4 Å². The van der Waals surface area contributed by atoms with E-state index in [1.807, 2.05) is 4.98 Å². The summed E-state index contributed by atoms with van der Waals surface area (Å²) in [6, 6.07) is -0.0175. The van der Waals surface area contributed by atoms with Crippen molar-refractivity contribution in [3.05, 3.63) is 28.2 Å². The van der Waals surface area contributed by atoms with Crippen LogP contribution in [0.25, 0.3) is 0 Å². The second kappa shape index (κ2) is 5.99. The summed E-state index contributed by atoms with van der Waals surface area (Å²) in [4.78, 5) is 27.0. The number of nitrogens with one attached hydrogen (secondary N) is 2. The van der Waals surface area contributed by atoms with Crippen LogP contribution < -0.4 is 10.9 Å². The number of ether oxygens (including phenoxy) is 1. The van der Waals surface area contributed by atoms with Crippen LogP contribution in [0.2, 0.25) is 0 Å². The molecule has 1 fully saturated rings. The van der Waals surface area contributed by atoms with Gasteiger partial charge in [0.05, 0.1) is 17.8 Å². The molecular weight excluding hydrogens is 303 g/mol. The number of halogens is 3. The van der Waals surface area contributed by atoms with Crippen LogP contribution in [0, 0.1) is 0 Å². The first kappa shape index (κ1) is 16.3. The van der Waals surface area contributed by atoms with Gasteiger partial charge in [0.2, 0.25) is 0 Å². The third kappa shape index (κ3) is 3.79. The number of hydrogen-bond donors (Lipinski definition) is 2. The van der Waals surface area contributed by atoms with Gasteiger partial charge in [-0.15, -0.1) is 0 Å². The maximum atomic E-state index is 12.6. The summed E-state index contributed by atoms with van der Waals surface area (Å²) in [6.07, 6.45) is -4.41. The zero-order valence-electron chi connectivity index (χ0n) is 12.0. The number of nitrogens with zero attached hydrogens (tertiary/aromatic N) is 1. The van der Waals surface area contributed by atoms with E-state index in [9.17, 15) is 22.8 Å². The molecule has 0 aromatic carbocycles.